The first-order valence-electron chi connectivity index (χ1n) is 5.22. The van der Waals surface area contributed by atoms with Crippen molar-refractivity contribution in [2.24, 2.45) is 0 Å². The Morgan fingerprint density at radius 2 is 2.19 bits per heavy atom. The molecule has 1 saturated heterocycles. The van der Waals surface area contributed by atoms with Gasteiger partial charge in [-0.1, -0.05) is 0 Å². The number of nitrogens with one attached hydrogen (secondary N) is 1. The Hall–Kier alpha value is -0.360. The predicted molar refractivity (Wildman–Crippen MR) is 64.0 cm³/mol. The van der Waals surface area contributed by atoms with Crippen molar-refractivity contribution in [2.45, 2.75) is 19.1 Å². The quantitative estimate of drug-likeness (QED) is 0.717. The van der Waals surface area contributed by atoms with Crippen LogP contribution in [0, 0.1) is 0 Å². The van der Waals surface area contributed by atoms with Crippen LogP contribution in [0.1, 0.15) is 6.92 Å². The summed E-state index contributed by atoms with van der Waals surface area (Å²) < 4.78 is 10.4. The molecule has 0 aromatic rings. The zero-order valence-electron chi connectivity index (χ0n) is 10.1. The van der Waals surface area contributed by atoms with Gasteiger partial charge in [-0.05, 0) is 6.92 Å². The van der Waals surface area contributed by atoms with Crippen LogP contribution in [-0.2, 0) is 14.3 Å². The maximum absolute atomic E-state index is 11.6. The van der Waals surface area contributed by atoms with Crippen molar-refractivity contribution in [1.82, 2.24) is 10.2 Å². The van der Waals surface area contributed by atoms with Crippen LogP contribution in [0.25, 0.3) is 0 Å². The summed E-state index contributed by atoms with van der Waals surface area (Å²) in [4.78, 5) is 13.3. The minimum atomic E-state index is 0. The Morgan fingerprint density at radius 3 is 2.62 bits per heavy atom. The van der Waals surface area contributed by atoms with Gasteiger partial charge in [-0.15, -0.1) is 12.4 Å². The predicted octanol–water partition coefficient (Wildman–Crippen LogP) is -0.110. The highest BCUT2D eigenvalue weighted by Gasteiger charge is 2.21. The van der Waals surface area contributed by atoms with E-state index in [9.17, 15) is 4.79 Å². The van der Waals surface area contributed by atoms with Gasteiger partial charge in [0.1, 0.15) is 6.61 Å². The number of carbonyl (C=O) groups is 1. The van der Waals surface area contributed by atoms with E-state index < -0.39 is 0 Å². The fourth-order valence-electron chi connectivity index (χ4n) is 1.27. The maximum Gasteiger partial charge on any atom is 0.248 e. The zero-order valence-corrected chi connectivity index (χ0v) is 10.9. The van der Waals surface area contributed by atoms with Crippen LogP contribution in [-0.4, -0.2) is 63.4 Å². The molecule has 1 aliphatic rings. The third-order valence-corrected chi connectivity index (χ3v) is 2.65. The summed E-state index contributed by atoms with van der Waals surface area (Å²) in [6.07, 6.45) is 0.208. The second-order valence-electron chi connectivity index (χ2n) is 3.90. The number of methoxy groups -OCH3 is 1. The highest BCUT2D eigenvalue weighted by atomic mass is 35.5. The van der Waals surface area contributed by atoms with E-state index in [1.54, 1.807) is 19.1 Å². The fourth-order valence-corrected chi connectivity index (χ4v) is 1.27. The van der Waals surface area contributed by atoms with Crippen LogP contribution in [0.4, 0.5) is 0 Å². The molecule has 96 valence electrons. The Balaban J connectivity index is 0.00000225. The molecular formula is C10H21ClN2O3. The third-order valence-electron chi connectivity index (χ3n) is 2.65. The number of carbonyl (C=O) groups excluding carboxylic acids is 1. The minimum absolute atomic E-state index is 0. The molecule has 0 bridgehead atoms. The van der Waals surface area contributed by atoms with Gasteiger partial charge >= 0.3 is 0 Å². The zero-order chi connectivity index (χ0) is 11.3. The van der Waals surface area contributed by atoms with Crippen molar-refractivity contribution in [3.63, 3.8) is 0 Å². The number of hydrogen-bond donors (Lipinski definition) is 1. The largest absolute Gasteiger partial charge is 0.383 e. The second-order valence-corrected chi connectivity index (χ2v) is 3.90. The summed E-state index contributed by atoms with van der Waals surface area (Å²) in [7, 11) is 3.40. The lowest BCUT2D eigenvalue weighted by Crippen LogP contribution is -2.50. The SMILES string of the molecule is COCC(C)N(C)C(=O)COC1CNC1.Cl. The highest BCUT2D eigenvalue weighted by molar-refractivity contribution is 5.85. The second kappa shape index (κ2) is 7.84. The summed E-state index contributed by atoms with van der Waals surface area (Å²) in [6.45, 7) is 4.37. The topological polar surface area (TPSA) is 50.8 Å². The Labute approximate surface area is 103 Å². The highest BCUT2D eigenvalue weighted by Crippen LogP contribution is 2.01. The van der Waals surface area contributed by atoms with Gasteiger partial charge in [0, 0.05) is 27.2 Å². The summed E-state index contributed by atoms with van der Waals surface area (Å²) >= 11 is 0. The molecule has 1 amide bonds. The summed E-state index contributed by atoms with van der Waals surface area (Å²) in [5, 5.41) is 3.09. The molecule has 1 rings (SSSR count). The molecule has 16 heavy (non-hydrogen) atoms. The van der Waals surface area contributed by atoms with Crippen molar-refractivity contribution in [3.05, 3.63) is 0 Å². The molecule has 0 aromatic carbocycles. The van der Waals surface area contributed by atoms with Gasteiger partial charge in [0.25, 0.3) is 0 Å². The van der Waals surface area contributed by atoms with Gasteiger partial charge in [-0.2, -0.15) is 0 Å². The van der Waals surface area contributed by atoms with E-state index >= 15 is 0 Å². The van der Waals surface area contributed by atoms with Crippen LogP contribution < -0.4 is 5.32 Å². The Kier molecular flexibility index (Phi) is 7.66. The molecule has 1 aliphatic heterocycles. The maximum atomic E-state index is 11.6. The Bertz CT molecular complexity index is 212. The molecule has 1 atom stereocenters. The Morgan fingerprint density at radius 1 is 1.56 bits per heavy atom. The van der Waals surface area contributed by atoms with Crippen LogP contribution in [0.15, 0.2) is 0 Å². The molecule has 0 radical (unpaired) electrons. The molecule has 6 heteroatoms. The monoisotopic (exact) mass is 252 g/mol. The van der Waals surface area contributed by atoms with E-state index in [4.69, 9.17) is 9.47 Å². The van der Waals surface area contributed by atoms with Crippen molar-refractivity contribution >= 4 is 18.3 Å². The molecule has 0 spiro atoms. The van der Waals surface area contributed by atoms with E-state index in [-0.39, 0.29) is 37.1 Å². The number of rotatable bonds is 6. The molecule has 0 saturated carbocycles. The van der Waals surface area contributed by atoms with Crippen molar-refractivity contribution < 1.29 is 14.3 Å². The van der Waals surface area contributed by atoms with Crippen LogP contribution in [0.2, 0.25) is 0 Å². The van der Waals surface area contributed by atoms with Gasteiger partial charge in [0.2, 0.25) is 5.91 Å². The molecular weight excluding hydrogens is 232 g/mol. The lowest BCUT2D eigenvalue weighted by Gasteiger charge is -2.29. The first kappa shape index (κ1) is 15.6. The normalized spacial score (nSPS) is 17.2. The fraction of sp³-hybridized carbons (Fsp3) is 0.900. The van der Waals surface area contributed by atoms with Gasteiger partial charge in [0.05, 0.1) is 18.8 Å². The van der Waals surface area contributed by atoms with Gasteiger partial charge < -0.3 is 19.7 Å². The van der Waals surface area contributed by atoms with E-state index in [0.29, 0.717) is 6.61 Å². The number of amides is 1. The molecule has 5 nitrogen and oxygen atoms in total. The number of likely N-dealkylation sites (N-methyl/N-ethyl adjacent to an activating group) is 1. The molecule has 0 aromatic heterocycles. The standard InChI is InChI=1S/C10H20N2O3.ClH/c1-8(6-14-3)12(2)10(13)7-15-9-4-11-5-9;/h8-9,11H,4-7H2,1-3H3;1H. The van der Waals surface area contributed by atoms with Crippen molar-refractivity contribution in [3.8, 4) is 0 Å². The molecule has 1 fully saturated rings. The van der Waals surface area contributed by atoms with Gasteiger partial charge in [0.15, 0.2) is 0 Å². The van der Waals surface area contributed by atoms with E-state index in [2.05, 4.69) is 5.32 Å². The number of nitrogens with zero attached hydrogens (tertiary/aromatic N) is 1. The number of hydrogen-bond acceptors (Lipinski definition) is 4. The first-order valence-corrected chi connectivity index (χ1v) is 5.22. The average Bonchev–Trinajstić information content (AvgIpc) is 2.14. The van der Waals surface area contributed by atoms with Crippen LogP contribution in [0.5, 0.6) is 0 Å². The van der Waals surface area contributed by atoms with Crippen LogP contribution >= 0.6 is 12.4 Å². The van der Waals surface area contributed by atoms with Gasteiger partial charge in [-0.3, -0.25) is 4.79 Å². The smallest absolute Gasteiger partial charge is 0.248 e. The molecule has 1 unspecified atom stereocenters. The summed E-state index contributed by atoms with van der Waals surface area (Å²) in [5.41, 5.74) is 0. The molecule has 1 N–H and O–H groups in total. The van der Waals surface area contributed by atoms with E-state index in [0.717, 1.165) is 13.1 Å². The minimum Gasteiger partial charge on any atom is -0.383 e. The first-order chi connectivity index (χ1) is 7.15. The molecule has 1 heterocycles. The van der Waals surface area contributed by atoms with Crippen molar-refractivity contribution in [1.29, 1.82) is 0 Å². The van der Waals surface area contributed by atoms with Crippen molar-refractivity contribution in [2.75, 3.05) is 40.5 Å². The third kappa shape index (κ3) is 4.65. The molecule has 0 aliphatic carbocycles. The lowest BCUT2D eigenvalue weighted by atomic mass is 10.2. The van der Waals surface area contributed by atoms with E-state index in [1.807, 2.05) is 6.92 Å². The van der Waals surface area contributed by atoms with E-state index in [1.165, 1.54) is 0 Å². The summed E-state index contributed by atoms with van der Waals surface area (Å²) in [6, 6.07) is 0.0885. The number of halogens is 1. The average molecular weight is 253 g/mol. The summed E-state index contributed by atoms with van der Waals surface area (Å²) in [5.74, 6) is 0.00597. The lowest BCUT2D eigenvalue weighted by molar-refractivity contribution is -0.140. The van der Waals surface area contributed by atoms with Crippen LogP contribution in [0.3, 0.4) is 0 Å². The number of ether oxygens (including phenoxy) is 2. The van der Waals surface area contributed by atoms with Gasteiger partial charge in [-0.25, -0.2) is 0 Å².